The highest BCUT2D eigenvalue weighted by Gasteiger charge is 2.35. The van der Waals surface area contributed by atoms with Crippen LogP contribution in [0.15, 0.2) is 48.7 Å². The zero-order valence-electron chi connectivity index (χ0n) is 16.8. The van der Waals surface area contributed by atoms with E-state index >= 15 is 0 Å². The Hall–Kier alpha value is -3.02. The van der Waals surface area contributed by atoms with Crippen LogP contribution in [0.5, 0.6) is 0 Å². The smallest absolute Gasteiger partial charge is 0.226 e. The lowest BCUT2D eigenvalue weighted by Crippen LogP contribution is -2.44. The molecule has 2 atom stereocenters. The summed E-state index contributed by atoms with van der Waals surface area (Å²) in [5.74, 6) is -0.254. The summed E-state index contributed by atoms with van der Waals surface area (Å²) in [7, 11) is 0. The van der Waals surface area contributed by atoms with Crippen molar-refractivity contribution in [2.75, 3.05) is 6.54 Å². The van der Waals surface area contributed by atoms with Gasteiger partial charge in [-0.15, -0.1) is 0 Å². The molecule has 2 aliphatic rings. The number of fused-ring (bicyclic) bond motifs is 2. The molecule has 30 heavy (non-hydrogen) atoms. The van der Waals surface area contributed by atoms with Gasteiger partial charge in [0.1, 0.15) is 17.5 Å². The first-order valence-electron chi connectivity index (χ1n) is 10.4. The van der Waals surface area contributed by atoms with E-state index in [0.717, 1.165) is 36.1 Å². The van der Waals surface area contributed by atoms with E-state index in [0.29, 0.717) is 30.5 Å². The maximum atomic E-state index is 14.1. The van der Waals surface area contributed by atoms with E-state index in [2.05, 4.69) is 9.55 Å². The molecule has 0 bridgehead atoms. The number of benzene rings is 2. The van der Waals surface area contributed by atoms with Crippen molar-refractivity contribution in [3.8, 4) is 11.4 Å². The first-order chi connectivity index (χ1) is 14.5. The number of carbonyl (C=O) groups is 1. The van der Waals surface area contributed by atoms with Gasteiger partial charge >= 0.3 is 0 Å². The average molecular weight is 407 g/mol. The standard InChI is InChI=1S/C24H23F2N3O/c1-15-21-12-18(25)13-22(26)20(21)8-10-28(15)24(30)17-7-9-29-19(11-17)14-27-23(29)16-5-3-2-4-6-16/h2-6,12-15,17H,7-11H2,1H3. The number of amides is 1. The second-order valence-electron chi connectivity index (χ2n) is 8.19. The van der Waals surface area contributed by atoms with Crippen LogP contribution in [-0.4, -0.2) is 26.9 Å². The fraction of sp³-hybridized carbons (Fsp3) is 0.333. The Bertz CT molecular complexity index is 1110. The predicted molar refractivity (Wildman–Crippen MR) is 110 cm³/mol. The summed E-state index contributed by atoms with van der Waals surface area (Å²) in [4.78, 5) is 19.7. The van der Waals surface area contributed by atoms with Crippen molar-refractivity contribution in [2.24, 2.45) is 5.92 Å². The Morgan fingerprint density at radius 2 is 1.93 bits per heavy atom. The number of hydrogen-bond donors (Lipinski definition) is 0. The molecule has 0 spiro atoms. The van der Waals surface area contributed by atoms with Crippen molar-refractivity contribution < 1.29 is 13.6 Å². The Morgan fingerprint density at radius 1 is 1.13 bits per heavy atom. The van der Waals surface area contributed by atoms with Crippen LogP contribution in [-0.2, 0) is 24.2 Å². The molecule has 0 radical (unpaired) electrons. The second-order valence-corrected chi connectivity index (χ2v) is 8.19. The predicted octanol–water partition coefficient (Wildman–Crippen LogP) is 4.54. The summed E-state index contributed by atoms with van der Waals surface area (Å²) in [6, 6.07) is 12.0. The Balaban J connectivity index is 1.37. The second kappa shape index (κ2) is 7.35. The number of halogens is 2. The quantitative estimate of drug-likeness (QED) is 0.626. The molecule has 0 fully saturated rings. The summed E-state index contributed by atoms with van der Waals surface area (Å²) in [5, 5.41) is 0. The van der Waals surface area contributed by atoms with Crippen LogP contribution in [0.1, 0.15) is 36.2 Å². The molecule has 0 aliphatic carbocycles. The van der Waals surface area contributed by atoms with Gasteiger partial charge in [-0.2, -0.15) is 0 Å². The topological polar surface area (TPSA) is 38.1 Å². The van der Waals surface area contributed by atoms with Crippen molar-refractivity contribution in [3.63, 3.8) is 0 Å². The number of carbonyl (C=O) groups excluding carboxylic acids is 1. The summed E-state index contributed by atoms with van der Waals surface area (Å²) in [6.07, 6.45) is 3.64. The first kappa shape index (κ1) is 19.0. The van der Waals surface area contributed by atoms with Crippen LogP contribution < -0.4 is 0 Å². The molecule has 3 aromatic rings. The third-order valence-corrected chi connectivity index (χ3v) is 6.47. The molecule has 154 valence electrons. The van der Waals surface area contributed by atoms with E-state index in [1.807, 2.05) is 43.5 Å². The molecule has 2 aliphatic heterocycles. The molecule has 3 heterocycles. The van der Waals surface area contributed by atoms with Crippen molar-refractivity contribution in [1.82, 2.24) is 14.5 Å². The fourth-order valence-corrected chi connectivity index (χ4v) is 4.88. The Morgan fingerprint density at radius 3 is 2.73 bits per heavy atom. The van der Waals surface area contributed by atoms with Crippen LogP contribution in [0.25, 0.3) is 11.4 Å². The minimum atomic E-state index is -0.595. The van der Waals surface area contributed by atoms with Crippen LogP contribution in [0.3, 0.4) is 0 Å². The van der Waals surface area contributed by atoms with Gasteiger partial charge in [-0.25, -0.2) is 13.8 Å². The number of rotatable bonds is 2. The fourth-order valence-electron chi connectivity index (χ4n) is 4.88. The molecular weight excluding hydrogens is 384 g/mol. The lowest BCUT2D eigenvalue weighted by atomic mass is 9.89. The van der Waals surface area contributed by atoms with Gasteiger partial charge in [0.2, 0.25) is 5.91 Å². The summed E-state index contributed by atoms with van der Waals surface area (Å²) in [5.41, 5.74) is 3.24. The molecule has 0 saturated carbocycles. The van der Waals surface area contributed by atoms with E-state index in [1.165, 1.54) is 6.07 Å². The SMILES string of the molecule is CC1c2cc(F)cc(F)c2CCN1C(=O)C1CCn2c(cnc2-c2ccccc2)C1. The molecular formula is C24H23F2N3O. The van der Waals surface area contributed by atoms with Crippen LogP contribution >= 0.6 is 0 Å². The first-order valence-corrected chi connectivity index (χ1v) is 10.4. The minimum absolute atomic E-state index is 0.0616. The molecule has 1 aromatic heterocycles. The number of nitrogens with zero attached hydrogens (tertiary/aromatic N) is 3. The van der Waals surface area contributed by atoms with Crippen molar-refractivity contribution in [1.29, 1.82) is 0 Å². The maximum absolute atomic E-state index is 14.1. The van der Waals surface area contributed by atoms with Crippen molar-refractivity contribution >= 4 is 5.91 Å². The van der Waals surface area contributed by atoms with Gasteiger partial charge in [-0.1, -0.05) is 30.3 Å². The van der Waals surface area contributed by atoms with E-state index in [1.54, 1.807) is 4.90 Å². The van der Waals surface area contributed by atoms with Gasteiger partial charge in [0.15, 0.2) is 0 Å². The van der Waals surface area contributed by atoms with Crippen molar-refractivity contribution in [3.05, 3.63) is 77.1 Å². The van der Waals surface area contributed by atoms with Gasteiger partial charge in [0.05, 0.1) is 6.04 Å². The molecule has 4 nitrogen and oxygen atoms in total. The summed E-state index contributed by atoms with van der Waals surface area (Å²) in [6.45, 7) is 3.05. The van der Waals surface area contributed by atoms with Gasteiger partial charge in [0.25, 0.3) is 0 Å². The van der Waals surface area contributed by atoms with Crippen molar-refractivity contribution in [2.45, 2.75) is 38.8 Å². The van der Waals surface area contributed by atoms with Gasteiger partial charge < -0.3 is 9.47 Å². The molecule has 5 rings (SSSR count). The highest BCUT2D eigenvalue weighted by molar-refractivity contribution is 5.80. The van der Waals surface area contributed by atoms with Crippen LogP contribution in [0, 0.1) is 17.6 Å². The van der Waals surface area contributed by atoms with Gasteiger partial charge in [-0.05, 0) is 37.0 Å². The zero-order chi connectivity index (χ0) is 20.8. The van der Waals surface area contributed by atoms with Crippen LogP contribution in [0.4, 0.5) is 8.78 Å². The zero-order valence-corrected chi connectivity index (χ0v) is 16.8. The highest BCUT2D eigenvalue weighted by Crippen LogP contribution is 2.35. The van der Waals surface area contributed by atoms with E-state index in [-0.39, 0.29) is 17.9 Å². The molecule has 2 unspecified atom stereocenters. The lowest BCUT2D eigenvalue weighted by Gasteiger charge is -2.38. The Kier molecular flexibility index (Phi) is 4.65. The number of aromatic nitrogens is 2. The average Bonchev–Trinajstić information content (AvgIpc) is 3.18. The summed E-state index contributed by atoms with van der Waals surface area (Å²) >= 11 is 0. The third kappa shape index (κ3) is 3.11. The number of imidazole rings is 1. The normalized spacial score (nSPS) is 20.6. The highest BCUT2D eigenvalue weighted by atomic mass is 19.1. The molecule has 0 N–H and O–H groups in total. The van der Waals surface area contributed by atoms with Crippen LogP contribution in [0.2, 0.25) is 0 Å². The molecule has 1 amide bonds. The molecule has 0 saturated heterocycles. The number of hydrogen-bond acceptors (Lipinski definition) is 2. The summed E-state index contributed by atoms with van der Waals surface area (Å²) < 4.78 is 30.1. The van der Waals surface area contributed by atoms with Gasteiger partial charge in [0, 0.05) is 48.9 Å². The molecule has 2 aromatic carbocycles. The van der Waals surface area contributed by atoms with E-state index in [9.17, 15) is 13.6 Å². The Labute approximate surface area is 174 Å². The lowest BCUT2D eigenvalue weighted by molar-refractivity contribution is -0.138. The third-order valence-electron chi connectivity index (χ3n) is 6.47. The van der Waals surface area contributed by atoms with E-state index in [4.69, 9.17) is 0 Å². The largest absolute Gasteiger partial charge is 0.335 e. The monoisotopic (exact) mass is 407 g/mol. The van der Waals surface area contributed by atoms with E-state index < -0.39 is 11.6 Å². The molecule has 6 heteroatoms. The maximum Gasteiger partial charge on any atom is 0.226 e. The van der Waals surface area contributed by atoms with Gasteiger partial charge in [-0.3, -0.25) is 4.79 Å². The minimum Gasteiger partial charge on any atom is -0.335 e.